The maximum Gasteiger partial charge on any atom is 0.151 e. The van der Waals surface area contributed by atoms with Gasteiger partial charge in [0.15, 0.2) is 11.6 Å². The summed E-state index contributed by atoms with van der Waals surface area (Å²) >= 11 is 0. The summed E-state index contributed by atoms with van der Waals surface area (Å²) in [5.74, 6) is 1.60. The number of benzene rings is 1. The van der Waals surface area contributed by atoms with Crippen LogP contribution in [0.2, 0.25) is 0 Å². The van der Waals surface area contributed by atoms with Crippen LogP contribution >= 0.6 is 0 Å². The smallest absolute Gasteiger partial charge is 0.151 e. The average Bonchev–Trinajstić information content (AvgIpc) is 2.85. The first-order valence-electron chi connectivity index (χ1n) is 7.52. The highest BCUT2D eigenvalue weighted by molar-refractivity contribution is 5.80. The van der Waals surface area contributed by atoms with E-state index in [1.807, 2.05) is 20.1 Å². The topological polar surface area (TPSA) is 46.3 Å². The molecule has 2 heterocycles. The zero-order valence-corrected chi connectivity index (χ0v) is 12.7. The third-order valence-electron chi connectivity index (χ3n) is 3.89. The number of piperidine rings is 1. The lowest BCUT2D eigenvalue weighted by atomic mass is 10.1. The Morgan fingerprint density at radius 2 is 1.57 bits per heavy atom. The van der Waals surface area contributed by atoms with Crippen LogP contribution in [-0.4, -0.2) is 34.2 Å². The standard InChI is InChI=1S/C16H21N5/c1-13-18-19-14(2)21(13)17-12-15-6-8-16(9-7-15)20-10-4-3-5-11-20/h6-9,12H,3-5,10-11H2,1-2H3/b17-12-. The highest BCUT2D eigenvalue weighted by Crippen LogP contribution is 2.19. The quantitative estimate of drug-likeness (QED) is 0.814. The van der Waals surface area contributed by atoms with Gasteiger partial charge in [0.2, 0.25) is 0 Å². The SMILES string of the molecule is Cc1nnc(C)n1/N=C\c1ccc(N2CCCCC2)cc1. The van der Waals surface area contributed by atoms with Crippen LogP contribution in [0, 0.1) is 13.8 Å². The molecule has 1 saturated heterocycles. The Labute approximate surface area is 125 Å². The number of nitrogens with zero attached hydrogens (tertiary/aromatic N) is 5. The minimum Gasteiger partial charge on any atom is -0.372 e. The average molecular weight is 283 g/mol. The van der Waals surface area contributed by atoms with E-state index in [4.69, 9.17) is 0 Å². The molecular formula is C16H21N5. The summed E-state index contributed by atoms with van der Waals surface area (Å²) < 4.78 is 1.75. The number of rotatable bonds is 3. The van der Waals surface area contributed by atoms with E-state index in [1.165, 1.54) is 38.0 Å². The summed E-state index contributed by atoms with van der Waals surface area (Å²) in [6, 6.07) is 8.59. The van der Waals surface area contributed by atoms with Gasteiger partial charge in [-0.2, -0.15) is 5.10 Å². The number of anilines is 1. The maximum atomic E-state index is 4.43. The minimum absolute atomic E-state index is 0.800. The van der Waals surface area contributed by atoms with Crippen molar-refractivity contribution in [3.05, 3.63) is 41.5 Å². The minimum atomic E-state index is 0.800. The molecule has 0 saturated carbocycles. The van der Waals surface area contributed by atoms with E-state index in [-0.39, 0.29) is 0 Å². The summed E-state index contributed by atoms with van der Waals surface area (Å²) in [7, 11) is 0. The van der Waals surface area contributed by atoms with Crippen LogP contribution < -0.4 is 4.90 Å². The molecule has 1 aromatic heterocycles. The monoisotopic (exact) mass is 283 g/mol. The fraction of sp³-hybridized carbons (Fsp3) is 0.438. The molecule has 21 heavy (non-hydrogen) atoms. The lowest BCUT2D eigenvalue weighted by molar-refractivity contribution is 0.578. The molecular weight excluding hydrogens is 262 g/mol. The van der Waals surface area contributed by atoms with Gasteiger partial charge in [0.25, 0.3) is 0 Å². The molecule has 0 amide bonds. The first-order chi connectivity index (χ1) is 10.2. The normalized spacial score (nSPS) is 15.8. The van der Waals surface area contributed by atoms with Gasteiger partial charge >= 0.3 is 0 Å². The maximum absolute atomic E-state index is 4.43. The second-order valence-electron chi connectivity index (χ2n) is 5.49. The Bertz CT molecular complexity index is 601. The van der Waals surface area contributed by atoms with Gasteiger partial charge in [-0.1, -0.05) is 12.1 Å². The molecule has 110 valence electrons. The van der Waals surface area contributed by atoms with Crippen LogP contribution in [0.1, 0.15) is 36.5 Å². The van der Waals surface area contributed by atoms with Gasteiger partial charge in [-0.05, 0) is 50.8 Å². The molecule has 0 atom stereocenters. The molecule has 0 spiro atoms. The Morgan fingerprint density at radius 3 is 2.19 bits per heavy atom. The van der Waals surface area contributed by atoms with E-state index in [1.54, 1.807) is 4.68 Å². The van der Waals surface area contributed by atoms with Gasteiger partial charge < -0.3 is 4.90 Å². The fourth-order valence-corrected chi connectivity index (χ4v) is 2.68. The molecule has 0 N–H and O–H groups in total. The highest BCUT2D eigenvalue weighted by Gasteiger charge is 2.10. The van der Waals surface area contributed by atoms with Crippen molar-refractivity contribution in [1.29, 1.82) is 0 Å². The third-order valence-corrected chi connectivity index (χ3v) is 3.89. The summed E-state index contributed by atoms with van der Waals surface area (Å²) in [6.45, 7) is 6.15. The molecule has 2 aromatic rings. The summed E-state index contributed by atoms with van der Waals surface area (Å²) in [5.41, 5.74) is 2.40. The van der Waals surface area contributed by atoms with Gasteiger partial charge in [0.05, 0.1) is 6.21 Å². The molecule has 0 unspecified atom stereocenters. The van der Waals surface area contributed by atoms with E-state index in [9.17, 15) is 0 Å². The summed E-state index contributed by atoms with van der Waals surface area (Å²) in [5, 5.41) is 12.4. The summed E-state index contributed by atoms with van der Waals surface area (Å²) in [4.78, 5) is 2.46. The second kappa shape index (κ2) is 6.08. The number of hydrogen-bond acceptors (Lipinski definition) is 4. The van der Waals surface area contributed by atoms with E-state index in [2.05, 4.69) is 44.5 Å². The highest BCUT2D eigenvalue weighted by atomic mass is 15.4. The van der Waals surface area contributed by atoms with Gasteiger partial charge in [-0.15, -0.1) is 10.2 Å². The van der Waals surface area contributed by atoms with Crippen molar-refractivity contribution in [1.82, 2.24) is 14.9 Å². The van der Waals surface area contributed by atoms with Crippen molar-refractivity contribution in [2.75, 3.05) is 18.0 Å². The molecule has 5 heteroatoms. The molecule has 0 radical (unpaired) electrons. The molecule has 1 aliphatic rings. The van der Waals surface area contributed by atoms with Crippen LogP contribution in [0.5, 0.6) is 0 Å². The lowest BCUT2D eigenvalue weighted by Gasteiger charge is -2.28. The first-order valence-corrected chi connectivity index (χ1v) is 7.52. The largest absolute Gasteiger partial charge is 0.372 e. The Morgan fingerprint density at radius 1 is 0.952 bits per heavy atom. The second-order valence-corrected chi connectivity index (χ2v) is 5.49. The molecule has 1 aliphatic heterocycles. The van der Waals surface area contributed by atoms with Crippen molar-refractivity contribution in [3.63, 3.8) is 0 Å². The third kappa shape index (κ3) is 3.12. The van der Waals surface area contributed by atoms with Crippen molar-refractivity contribution < 1.29 is 0 Å². The van der Waals surface area contributed by atoms with Crippen molar-refractivity contribution in [2.45, 2.75) is 33.1 Å². The van der Waals surface area contributed by atoms with Crippen LogP contribution in [-0.2, 0) is 0 Å². The van der Waals surface area contributed by atoms with Gasteiger partial charge in [0.1, 0.15) is 0 Å². The van der Waals surface area contributed by atoms with Crippen molar-refractivity contribution in [2.24, 2.45) is 5.10 Å². The van der Waals surface area contributed by atoms with Crippen LogP contribution in [0.3, 0.4) is 0 Å². The molecule has 0 aliphatic carbocycles. The van der Waals surface area contributed by atoms with Gasteiger partial charge in [-0.25, -0.2) is 4.68 Å². The zero-order valence-electron chi connectivity index (χ0n) is 12.7. The van der Waals surface area contributed by atoms with E-state index in [0.29, 0.717) is 0 Å². The Balaban J connectivity index is 1.72. The lowest BCUT2D eigenvalue weighted by Crippen LogP contribution is -2.29. The summed E-state index contributed by atoms with van der Waals surface area (Å²) in [6.07, 6.45) is 5.81. The van der Waals surface area contributed by atoms with E-state index < -0.39 is 0 Å². The van der Waals surface area contributed by atoms with Crippen molar-refractivity contribution >= 4 is 11.9 Å². The predicted octanol–water partition coefficient (Wildman–Crippen LogP) is 2.77. The van der Waals surface area contributed by atoms with E-state index >= 15 is 0 Å². The van der Waals surface area contributed by atoms with Crippen LogP contribution in [0.25, 0.3) is 0 Å². The molecule has 5 nitrogen and oxygen atoms in total. The molecule has 3 rings (SSSR count). The number of aromatic nitrogens is 3. The Hall–Kier alpha value is -2.17. The van der Waals surface area contributed by atoms with Crippen molar-refractivity contribution in [3.8, 4) is 0 Å². The molecule has 1 fully saturated rings. The van der Waals surface area contributed by atoms with Crippen LogP contribution in [0.15, 0.2) is 29.4 Å². The molecule has 1 aromatic carbocycles. The predicted molar refractivity (Wildman–Crippen MR) is 85.0 cm³/mol. The van der Waals surface area contributed by atoms with Gasteiger partial charge in [-0.3, -0.25) is 0 Å². The number of hydrogen-bond donors (Lipinski definition) is 0. The van der Waals surface area contributed by atoms with Crippen LogP contribution in [0.4, 0.5) is 5.69 Å². The zero-order chi connectivity index (χ0) is 14.7. The first kappa shape index (κ1) is 13.8. The van der Waals surface area contributed by atoms with Gasteiger partial charge in [0, 0.05) is 18.8 Å². The number of aryl methyl sites for hydroxylation is 2. The fourth-order valence-electron chi connectivity index (χ4n) is 2.68. The van der Waals surface area contributed by atoms with E-state index in [0.717, 1.165) is 17.2 Å². The molecule has 0 bridgehead atoms. The Kier molecular flexibility index (Phi) is 3.99.